The SMILES string of the molecule is COc1ccc(C(=O)COC(=O)c2ccc(S(=O)(=O)N3CCc4ccccc4C3)cc2)cc1F. The van der Waals surface area contributed by atoms with Crippen molar-refractivity contribution in [3.05, 3.63) is 94.8 Å². The van der Waals surface area contributed by atoms with Crippen LogP contribution in [0.1, 0.15) is 31.8 Å². The molecule has 0 N–H and O–H groups in total. The summed E-state index contributed by atoms with van der Waals surface area (Å²) in [7, 11) is -2.43. The maximum atomic E-state index is 13.8. The van der Waals surface area contributed by atoms with Gasteiger partial charge in [-0.05, 0) is 60.0 Å². The summed E-state index contributed by atoms with van der Waals surface area (Å²) in [5.41, 5.74) is 2.24. The van der Waals surface area contributed by atoms with Crippen LogP contribution < -0.4 is 4.74 Å². The molecule has 0 saturated carbocycles. The predicted octanol–water partition coefficient (Wildman–Crippen LogP) is 3.62. The molecule has 0 spiro atoms. The number of halogens is 1. The highest BCUT2D eigenvalue weighted by Gasteiger charge is 2.28. The van der Waals surface area contributed by atoms with Crippen molar-refractivity contribution in [1.82, 2.24) is 4.31 Å². The fraction of sp³-hybridized carbons (Fsp3) is 0.200. The van der Waals surface area contributed by atoms with Crippen molar-refractivity contribution in [2.24, 2.45) is 0 Å². The van der Waals surface area contributed by atoms with Crippen LogP contribution in [-0.2, 0) is 27.7 Å². The minimum Gasteiger partial charge on any atom is -0.494 e. The fourth-order valence-electron chi connectivity index (χ4n) is 3.72. The van der Waals surface area contributed by atoms with Crippen LogP contribution in [0.15, 0.2) is 71.6 Å². The molecule has 9 heteroatoms. The third kappa shape index (κ3) is 4.85. The van der Waals surface area contributed by atoms with Crippen LogP contribution in [0.25, 0.3) is 0 Å². The first-order valence-electron chi connectivity index (χ1n) is 10.5. The standard InChI is InChI=1S/C25H22FNO6S/c1-32-24-11-8-19(14-22(24)26)23(28)16-33-25(29)18-6-9-21(10-7-18)34(30,31)27-13-12-17-4-2-3-5-20(17)15-27/h2-11,14H,12-13,15-16H2,1H3. The lowest BCUT2D eigenvalue weighted by atomic mass is 10.0. The number of ether oxygens (including phenoxy) is 2. The molecule has 0 radical (unpaired) electrons. The van der Waals surface area contributed by atoms with E-state index in [1.165, 1.54) is 47.8 Å². The molecule has 3 aromatic rings. The van der Waals surface area contributed by atoms with E-state index in [1.807, 2.05) is 24.3 Å². The third-order valence-corrected chi connectivity index (χ3v) is 7.49. The summed E-state index contributed by atoms with van der Waals surface area (Å²) in [6.07, 6.45) is 0.631. The Balaban J connectivity index is 1.39. The van der Waals surface area contributed by atoms with Gasteiger partial charge < -0.3 is 9.47 Å². The minimum atomic E-state index is -3.74. The quantitative estimate of drug-likeness (QED) is 0.377. The van der Waals surface area contributed by atoms with E-state index in [-0.39, 0.29) is 28.3 Å². The Kier molecular flexibility index (Phi) is 6.76. The van der Waals surface area contributed by atoms with Gasteiger partial charge in [-0.3, -0.25) is 4.79 Å². The molecule has 1 heterocycles. The molecular weight excluding hydrogens is 461 g/mol. The normalized spacial score (nSPS) is 13.7. The van der Waals surface area contributed by atoms with Gasteiger partial charge in [-0.15, -0.1) is 0 Å². The van der Waals surface area contributed by atoms with E-state index in [0.29, 0.717) is 13.0 Å². The zero-order valence-electron chi connectivity index (χ0n) is 18.4. The Bertz CT molecular complexity index is 1340. The maximum absolute atomic E-state index is 13.8. The van der Waals surface area contributed by atoms with E-state index in [1.54, 1.807) is 0 Å². The first-order chi connectivity index (χ1) is 16.3. The summed E-state index contributed by atoms with van der Waals surface area (Å²) in [6, 6.07) is 16.8. The molecule has 176 valence electrons. The van der Waals surface area contributed by atoms with Gasteiger partial charge in [0.25, 0.3) is 0 Å². The van der Waals surface area contributed by atoms with E-state index in [2.05, 4.69) is 0 Å². The van der Waals surface area contributed by atoms with Crippen molar-refractivity contribution >= 4 is 21.8 Å². The van der Waals surface area contributed by atoms with Crippen molar-refractivity contribution in [2.75, 3.05) is 20.3 Å². The van der Waals surface area contributed by atoms with E-state index >= 15 is 0 Å². The number of hydrogen-bond acceptors (Lipinski definition) is 6. The number of nitrogens with zero attached hydrogens (tertiary/aromatic N) is 1. The molecule has 0 saturated heterocycles. The highest BCUT2D eigenvalue weighted by atomic mass is 32.2. The number of ketones is 1. The number of sulfonamides is 1. The number of carbonyl (C=O) groups excluding carboxylic acids is 2. The van der Waals surface area contributed by atoms with Crippen LogP contribution in [-0.4, -0.2) is 44.7 Å². The van der Waals surface area contributed by atoms with E-state index in [4.69, 9.17) is 9.47 Å². The second-order valence-corrected chi connectivity index (χ2v) is 9.67. The molecule has 0 amide bonds. The number of methoxy groups -OCH3 is 1. The van der Waals surface area contributed by atoms with Gasteiger partial charge in [-0.25, -0.2) is 17.6 Å². The molecule has 0 atom stereocenters. The van der Waals surface area contributed by atoms with Gasteiger partial charge in [0.1, 0.15) is 0 Å². The Morgan fingerprint density at radius 3 is 2.32 bits per heavy atom. The van der Waals surface area contributed by atoms with Crippen LogP contribution in [0.2, 0.25) is 0 Å². The molecule has 1 aliphatic heterocycles. The van der Waals surface area contributed by atoms with Crippen LogP contribution in [0.4, 0.5) is 4.39 Å². The van der Waals surface area contributed by atoms with Crippen molar-refractivity contribution in [3.8, 4) is 5.75 Å². The molecule has 0 fully saturated rings. The van der Waals surface area contributed by atoms with Crippen molar-refractivity contribution in [2.45, 2.75) is 17.9 Å². The van der Waals surface area contributed by atoms with E-state index < -0.39 is 34.2 Å². The average Bonchev–Trinajstić information content (AvgIpc) is 2.86. The molecule has 0 aliphatic carbocycles. The van der Waals surface area contributed by atoms with Gasteiger partial charge in [0.2, 0.25) is 10.0 Å². The van der Waals surface area contributed by atoms with Gasteiger partial charge in [0.15, 0.2) is 24.0 Å². The number of rotatable bonds is 7. The van der Waals surface area contributed by atoms with Crippen molar-refractivity contribution in [1.29, 1.82) is 0 Å². The van der Waals surface area contributed by atoms with E-state index in [9.17, 15) is 22.4 Å². The zero-order valence-corrected chi connectivity index (χ0v) is 19.2. The number of benzene rings is 3. The van der Waals surface area contributed by atoms with Crippen LogP contribution in [0.5, 0.6) is 5.75 Å². The molecule has 1 aliphatic rings. The number of Topliss-reactive ketones (excluding diaryl/α,β-unsaturated/α-hetero) is 1. The molecule has 0 bridgehead atoms. The summed E-state index contributed by atoms with van der Waals surface area (Å²) in [4.78, 5) is 24.6. The highest BCUT2D eigenvalue weighted by molar-refractivity contribution is 7.89. The first-order valence-corrected chi connectivity index (χ1v) is 11.9. The zero-order chi connectivity index (χ0) is 24.3. The number of fused-ring (bicyclic) bond motifs is 1. The van der Waals surface area contributed by atoms with Gasteiger partial charge in [0.05, 0.1) is 17.6 Å². The van der Waals surface area contributed by atoms with Gasteiger partial charge in [-0.2, -0.15) is 4.31 Å². The largest absolute Gasteiger partial charge is 0.494 e. The van der Waals surface area contributed by atoms with E-state index in [0.717, 1.165) is 17.2 Å². The van der Waals surface area contributed by atoms with Crippen LogP contribution in [0, 0.1) is 5.82 Å². The summed E-state index contributed by atoms with van der Waals surface area (Å²) in [5, 5.41) is 0. The second kappa shape index (κ2) is 9.74. The Morgan fingerprint density at radius 1 is 0.971 bits per heavy atom. The van der Waals surface area contributed by atoms with Crippen LogP contribution in [0.3, 0.4) is 0 Å². The molecule has 34 heavy (non-hydrogen) atoms. The third-order valence-electron chi connectivity index (χ3n) is 5.63. The second-order valence-electron chi connectivity index (χ2n) is 7.73. The average molecular weight is 484 g/mol. The maximum Gasteiger partial charge on any atom is 0.338 e. The molecule has 7 nitrogen and oxygen atoms in total. The van der Waals surface area contributed by atoms with Gasteiger partial charge in [-0.1, -0.05) is 24.3 Å². The Hall–Kier alpha value is -3.56. The lowest BCUT2D eigenvalue weighted by Crippen LogP contribution is -2.35. The van der Waals surface area contributed by atoms with Crippen LogP contribution >= 0.6 is 0 Å². The summed E-state index contributed by atoms with van der Waals surface area (Å²) in [6.45, 7) is 0.0748. The minimum absolute atomic E-state index is 0.00245. The van der Waals surface area contributed by atoms with Crippen molar-refractivity contribution in [3.63, 3.8) is 0 Å². The monoisotopic (exact) mass is 483 g/mol. The topological polar surface area (TPSA) is 90.0 Å². The van der Waals surface area contributed by atoms with Gasteiger partial charge >= 0.3 is 5.97 Å². The van der Waals surface area contributed by atoms with Gasteiger partial charge in [0, 0.05) is 18.7 Å². The fourth-order valence-corrected chi connectivity index (χ4v) is 5.14. The first kappa shape index (κ1) is 23.6. The summed E-state index contributed by atoms with van der Waals surface area (Å²) >= 11 is 0. The molecule has 3 aromatic carbocycles. The molecule has 0 unspecified atom stereocenters. The lowest BCUT2D eigenvalue weighted by molar-refractivity contribution is 0.0474. The number of carbonyl (C=O) groups is 2. The Morgan fingerprint density at radius 2 is 1.65 bits per heavy atom. The molecule has 4 rings (SSSR count). The molecule has 0 aromatic heterocycles. The Labute approximate surface area is 196 Å². The number of hydrogen-bond donors (Lipinski definition) is 0. The summed E-state index contributed by atoms with van der Waals surface area (Å²) < 4.78 is 51.1. The highest BCUT2D eigenvalue weighted by Crippen LogP contribution is 2.25. The molecular formula is C25H22FNO6S. The summed E-state index contributed by atoms with van der Waals surface area (Å²) in [5.74, 6) is -2.08. The predicted molar refractivity (Wildman–Crippen MR) is 122 cm³/mol. The number of esters is 1. The lowest BCUT2D eigenvalue weighted by Gasteiger charge is -2.28. The van der Waals surface area contributed by atoms with Crippen molar-refractivity contribution < 1.29 is 31.9 Å². The smallest absolute Gasteiger partial charge is 0.338 e.